The first-order chi connectivity index (χ1) is 9.99. The average Bonchev–Trinajstić information content (AvgIpc) is 2.42. The van der Waals surface area contributed by atoms with E-state index in [1.54, 1.807) is 24.5 Å². The van der Waals surface area contributed by atoms with Crippen molar-refractivity contribution in [3.8, 4) is 0 Å². The largest absolute Gasteiger partial charge is 0.480 e. The third-order valence-electron chi connectivity index (χ3n) is 4.02. The highest BCUT2D eigenvalue weighted by Gasteiger charge is 2.33. The second-order valence-corrected chi connectivity index (χ2v) is 6.25. The fourth-order valence-electron chi connectivity index (χ4n) is 3.05. The van der Waals surface area contributed by atoms with Crippen LogP contribution in [0, 0.1) is 5.92 Å². The van der Waals surface area contributed by atoms with Crippen LogP contribution in [0.5, 0.6) is 0 Å². The van der Waals surface area contributed by atoms with E-state index in [-0.39, 0.29) is 0 Å². The van der Waals surface area contributed by atoms with Gasteiger partial charge in [0.25, 0.3) is 0 Å². The van der Waals surface area contributed by atoms with Gasteiger partial charge >= 0.3 is 5.97 Å². The molecule has 21 heavy (non-hydrogen) atoms. The molecule has 1 aromatic rings. The number of carboxylic acids is 1. The van der Waals surface area contributed by atoms with Gasteiger partial charge < -0.3 is 5.11 Å². The summed E-state index contributed by atoms with van der Waals surface area (Å²) in [5, 5.41) is 9.60. The van der Waals surface area contributed by atoms with Gasteiger partial charge in [-0.1, -0.05) is 13.8 Å². The molecule has 0 saturated carbocycles. The fourth-order valence-corrected chi connectivity index (χ4v) is 3.05. The van der Waals surface area contributed by atoms with Crippen LogP contribution in [0.15, 0.2) is 24.5 Å². The van der Waals surface area contributed by atoms with Crippen LogP contribution < -0.4 is 0 Å². The molecule has 1 saturated heterocycles. The van der Waals surface area contributed by atoms with Gasteiger partial charge in [0.05, 0.1) is 0 Å². The van der Waals surface area contributed by atoms with E-state index in [2.05, 4.69) is 35.6 Å². The van der Waals surface area contributed by atoms with Gasteiger partial charge in [0.15, 0.2) is 0 Å². The number of carboxylic acid groups (broad SMARTS) is 1. The molecule has 0 amide bonds. The van der Waals surface area contributed by atoms with Crippen LogP contribution in [0.1, 0.15) is 32.4 Å². The Kier molecular flexibility index (Phi) is 5.31. The summed E-state index contributed by atoms with van der Waals surface area (Å²) >= 11 is 0. The molecule has 0 aliphatic carbocycles. The highest BCUT2D eigenvalue weighted by atomic mass is 16.4. The molecule has 1 aliphatic rings. The summed E-state index contributed by atoms with van der Waals surface area (Å²) in [6.45, 7) is 10.2. The topological polar surface area (TPSA) is 56.7 Å². The normalized spacial score (nSPS) is 22.4. The van der Waals surface area contributed by atoms with Crippen molar-refractivity contribution in [3.05, 3.63) is 30.1 Å². The van der Waals surface area contributed by atoms with Gasteiger partial charge in [0.1, 0.15) is 6.04 Å². The number of nitrogens with zero attached hydrogens (tertiary/aromatic N) is 3. The van der Waals surface area contributed by atoms with Gasteiger partial charge in [0.2, 0.25) is 0 Å². The van der Waals surface area contributed by atoms with Crippen molar-refractivity contribution in [2.24, 2.45) is 5.92 Å². The van der Waals surface area contributed by atoms with E-state index < -0.39 is 12.0 Å². The van der Waals surface area contributed by atoms with Crippen molar-refractivity contribution < 1.29 is 9.90 Å². The third kappa shape index (κ3) is 4.02. The van der Waals surface area contributed by atoms with Gasteiger partial charge in [-0.2, -0.15) is 0 Å². The zero-order valence-corrected chi connectivity index (χ0v) is 13.1. The summed E-state index contributed by atoms with van der Waals surface area (Å²) < 4.78 is 0. The molecule has 1 N–H and O–H groups in total. The number of aromatic nitrogens is 1. The molecule has 1 aromatic heterocycles. The molecule has 0 spiro atoms. The Bertz CT molecular complexity index is 464. The van der Waals surface area contributed by atoms with Crippen molar-refractivity contribution >= 4 is 5.97 Å². The number of piperazine rings is 1. The Balaban J connectivity index is 2.09. The van der Waals surface area contributed by atoms with Crippen LogP contribution in [-0.4, -0.2) is 58.1 Å². The maximum Gasteiger partial charge on any atom is 0.325 e. The Morgan fingerprint density at radius 1 is 1.38 bits per heavy atom. The summed E-state index contributed by atoms with van der Waals surface area (Å²) in [5.41, 5.74) is 0.807. The number of carbonyl (C=O) groups is 1. The van der Waals surface area contributed by atoms with Gasteiger partial charge in [0, 0.05) is 44.6 Å². The number of hydrogen-bond donors (Lipinski definition) is 1. The summed E-state index contributed by atoms with van der Waals surface area (Å²) in [6, 6.07) is 3.40. The van der Waals surface area contributed by atoms with Crippen molar-refractivity contribution in [3.63, 3.8) is 0 Å². The minimum atomic E-state index is -0.786. The van der Waals surface area contributed by atoms with Crippen LogP contribution in [0.25, 0.3) is 0 Å². The summed E-state index contributed by atoms with van der Waals surface area (Å²) in [7, 11) is 0. The van der Waals surface area contributed by atoms with Gasteiger partial charge in [-0.15, -0.1) is 0 Å². The zero-order chi connectivity index (χ0) is 15.4. The molecule has 2 heterocycles. The molecule has 5 nitrogen and oxygen atoms in total. The SMILES string of the molecule is CC(C)CN1CCN(C(C(=O)O)c2ccncc2)CC1C. The summed E-state index contributed by atoms with van der Waals surface area (Å²) in [6.07, 6.45) is 3.31. The van der Waals surface area contributed by atoms with Gasteiger partial charge in [-0.3, -0.25) is 19.6 Å². The van der Waals surface area contributed by atoms with Gasteiger partial charge in [-0.05, 0) is 30.5 Å². The lowest BCUT2D eigenvalue weighted by atomic mass is 10.0. The molecule has 1 aliphatic heterocycles. The van der Waals surface area contributed by atoms with Crippen LogP contribution in [0.3, 0.4) is 0 Å². The molecular formula is C16H25N3O2. The Hall–Kier alpha value is -1.46. The van der Waals surface area contributed by atoms with Crippen LogP contribution >= 0.6 is 0 Å². The molecule has 0 radical (unpaired) electrons. The molecule has 0 bridgehead atoms. The molecule has 2 unspecified atom stereocenters. The second kappa shape index (κ2) is 7.00. The minimum Gasteiger partial charge on any atom is -0.480 e. The van der Waals surface area contributed by atoms with Crippen LogP contribution in [-0.2, 0) is 4.79 Å². The monoisotopic (exact) mass is 291 g/mol. The highest BCUT2D eigenvalue weighted by molar-refractivity contribution is 5.75. The first-order valence-electron chi connectivity index (χ1n) is 7.60. The van der Waals surface area contributed by atoms with Crippen molar-refractivity contribution in [2.75, 3.05) is 26.2 Å². The van der Waals surface area contributed by atoms with E-state index in [0.717, 1.165) is 31.7 Å². The molecular weight excluding hydrogens is 266 g/mol. The lowest BCUT2D eigenvalue weighted by Crippen LogP contribution is -2.54. The van der Waals surface area contributed by atoms with E-state index in [1.807, 2.05) is 0 Å². The molecule has 5 heteroatoms. The van der Waals surface area contributed by atoms with Crippen LogP contribution in [0.4, 0.5) is 0 Å². The van der Waals surface area contributed by atoms with Gasteiger partial charge in [-0.25, -0.2) is 0 Å². The second-order valence-electron chi connectivity index (χ2n) is 6.25. The van der Waals surface area contributed by atoms with E-state index in [9.17, 15) is 9.90 Å². The summed E-state index contributed by atoms with van der Waals surface area (Å²) in [4.78, 5) is 20.2. The molecule has 0 aromatic carbocycles. The Labute approximate surface area is 126 Å². The van der Waals surface area contributed by atoms with Crippen molar-refractivity contribution in [1.29, 1.82) is 0 Å². The quantitative estimate of drug-likeness (QED) is 0.897. The number of hydrogen-bond acceptors (Lipinski definition) is 4. The smallest absolute Gasteiger partial charge is 0.325 e. The first-order valence-corrected chi connectivity index (χ1v) is 7.60. The average molecular weight is 291 g/mol. The lowest BCUT2D eigenvalue weighted by molar-refractivity contribution is -0.145. The number of aliphatic carboxylic acids is 1. The number of pyridine rings is 1. The first kappa shape index (κ1) is 15.9. The molecule has 1 fully saturated rings. The third-order valence-corrected chi connectivity index (χ3v) is 4.02. The standard InChI is InChI=1S/C16H25N3O2/c1-12(2)10-18-8-9-19(11-13(18)3)15(16(20)21)14-4-6-17-7-5-14/h4-7,12-13,15H,8-11H2,1-3H3,(H,20,21). The molecule has 2 atom stereocenters. The summed E-state index contributed by atoms with van der Waals surface area (Å²) in [5.74, 6) is -0.153. The Morgan fingerprint density at radius 2 is 2.05 bits per heavy atom. The molecule has 116 valence electrons. The van der Waals surface area contributed by atoms with E-state index in [0.29, 0.717) is 12.0 Å². The highest BCUT2D eigenvalue weighted by Crippen LogP contribution is 2.24. The van der Waals surface area contributed by atoms with Crippen molar-refractivity contribution in [2.45, 2.75) is 32.9 Å². The predicted octanol–water partition coefficient (Wildman–Crippen LogP) is 1.87. The Morgan fingerprint density at radius 3 is 2.57 bits per heavy atom. The maximum absolute atomic E-state index is 11.7. The molecule has 2 rings (SSSR count). The van der Waals surface area contributed by atoms with E-state index in [4.69, 9.17) is 0 Å². The van der Waals surface area contributed by atoms with E-state index in [1.165, 1.54) is 0 Å². The lowest BCUT2D eigenvalue weighted by Gasteiger charge is -2.42. The predicted molar refractivity (Wildman–Crippen MR) is 82.1 cm³/mol. The zero-order valence-electron chi connectivity index (χ0n) is 13.1. The minimum absolute atomic E-state index is 0.379. The van der Waals surface area contributed by atoms with E-state index >= 15 is 0 Å². The number of rotatable bonds is 5. The van der Waals surface area contributed by atoms with Crippen molar-refractivity contribution in [1.82, 2.24) is 14.8 Å². The maximum atomic E-state index is 11.7. The fraction of sp³-hybridized carbons (Fsp3) is 0.625. The van der Waals surface area contributed by atoms with Crippen LogP contribution in [0.2, 0.25) is 0 Å².